The number of rotatable bonds is 5. The van der Waals surface area contributed by atoms with Crippen molar-refractivity contribution in [1.29, 1.82) is 0 Å². The maximum atomic E-state index is 5.16. The van der Waals surface area contributed by atoms with E-state index in [4.69, 9.17) is 4.42 Å². The molecule has 0 bridgehead atoms. The third-order valence-electron chi connectivity index (χ3n) is 2.76. The highest BCUT2D eigenvalue weighted by Crippen LogP contribution is 2.15. The summed E-state index contributed by atoms with van der Waals surface area (Å²) in [6, 6.07) is 13.4. The number of furan rings is 1. The Labute approximate surface area is 127 Å². The van der Waals surface area contributed by atoms with Crippen LogP contribution in [0, 0.1) is 0 Å². The fourth-order valence-corrected chi connectivity index (χ4v) is 1.76. The highest BCUT2D eigenvalue weighted by atomic mass is 16.3. The molecule has 0 spiro atoms. The van der Waals surface area contributed by atoms with Gasteiger partial charge >= 0.3 is 0 Å². The Morgan fingerprint density at radius 2 is 2.00 bits per heavy atom. The van der Waals surface area contributed by atoms with Crippen LogP contribution in [0.1, 0.15) is 5.76 Å². The van der Waals surface area contributed by atoms with E-state index >= 15 is 0 Å². The molecule has 22 heavy (non-hydrogen) atoms. The molecule has 0 aliphatic carbocycles. The molecule has 2 aromatic heterocycles. The highest BCUT2D eigenvalue weighted by molar-refractivity contribution is 5.77. The molecule has 6 heteroatoms. The zero-order valence-corrected chi connectivity index (χ0v) is 11.6. The maximum Gasteiger partial charge on any atom is 0.263 e. The van der Waals surface area contributed by atoms with Gasteiger partial charge in [-0.3, -0.25) is 0 Å². The summed E-state index contributed by atoms with van der Waals surface area (Å²) in [5, 5.41) is 11.8. The van der Waals surface area contributed by atoms with E-state index in [-0.39, 0.29) is 0 Å². The zero-order chi connectivity index (χ0) is 15.0. The molecular weight excluding hydrogens is 278 g/mol. The summed E-state index contributed by atoms with van der Waals surface area (Å²) in [5.74, 6) is 1.10. The lowest BCUT2D eigenvalue weighted by Crippen LogP contribution is -1.99. The second-order valence-corrected chi connectivity index (χ2v) is 4.30. The molecule has 0 radical (unpaired) electrons. The van der Waals surface area contributed by atoms with Crippen LogP contribution in [0.4, 0.5) is 5.95 Å². The first-order valence-electron chi connectivity index (χ1n) is 6.66. The van der Waals surface area contributed by atoms with E-state index in [9.17, 15) is 0 Å². The van der Waals surface area contributed by atoms with Gasteiger partial charge in [0.1, 0.15) is 5.76 Å². The minimum absolute atomic E-state index is 0.337. The van der Waals surface area contributed by atoms with E-state index in [1.807, 2.05) is 42.5 Å². The first-order valence-corrected chi connectivity index (χ1v) is 6.66. The number of aromatic nitrogens is 3. The molecule has 0 aliphatic heterocycles. The van der Waals surface area contributed by atoms with Crippen molar-refractivity contribution in [2.45, 2.75) is 0 Å². The number of hydrogen-bond acceptors (Lipinski definition) is 6. The van der Waals surface area contributed by atoms with Crippen molar-refractivity contribution in [1.82, 2.24) is 15.2 Å². The quantitative estimate of drug-likeness (QED) is 0.577. The van der Waals surface area contributed by atoms with Gasteiger partial charge in [-0.05, 0) is 24.3 Å². The van der Waals surface area contributed by atoms with E-state index in [1.165, 1.54) is 0 Å². The van der Waals surface area contributed by atoms with Gasteiger partial charge in [0, 0.05) is 11.8 Å². The maximum absolute atomic E-state index is 5.16. The van der Waals surface area contributed by atoms with Crippen LogP contribution < -0.4 is 5.43 Å². The Bertz CT molecular complexity index is 766. The van der Waals surface area contributed by atoms with Crippen LogP contribution in [-0.4, -0.2) is 21.4 Å². The Kier molecular flexibility index (Phi) is 4.32. The van der Waals surface area contributed by atoms with E-state index in [0.717, 1.165) is 17.0 Å². The molecule has 0 aliphatic rings. The van der Waals surface area contributed by atoms with Gasteiger partial charge in [0.05, 0.1) is 18.2 Å². The zero-order valence-electron chi connectivity index (χ0n) is 11.6. The summed E-state index contributed by atoms with van der Waals surface area (Å²) in [5.41, 5.74) is 4.45. The molecule has 0 fully saturated rings. The number of hydrogen-bond donors (Lipinski definition) is 1. The van der Waals surface area contributed by atoms with Gasteiger partial charge in [0.2, 0.25) is 0 Å². The topological polar surface area (TPSA) is 76.2 Å². The van der Waals surface area contributed by atoms with Gasteiger partial charge in [0.25, 0.3) is 5.95 Å². The lowest BCUT2D eigenvalue weighted by molar-refractivity contribution is 0.557. The van der Waals surface area contributed by atoms with Crippen molar-refractivity contribution in [3.05, 3.63) is 66.8 Å². The van der Waals surface area contributed by atoms with E-state index in [0.29, 0.717) is 5.95 Å². The predicted molar refractivity (Wildman–Crippen MR) is 85.1 cm³/mol. The van der Waals surface area contributed by atoms with E-state index < -0.39 is 0 Å². The number of allylic oxidation sites excluding steroid dienone is 1. The molecule has 0 saturated heterocycles. The predicted octanol–water partition coefficient (Wildman–Crippen LogP) is 3.24. The average Bonchev–Trinajstić information content (AvgIpc) is 3.09. The van der Waals surface area contributed by atoms with Crippen LogP contribution in [0.3, 0.4) is 0 Å². The Hall–Kier alpha value is -3.28. The molecule has 3 rings (SSSR count). The standard InChI is InChI=1S/C16H13N5O/c1-2-6-13(7-3-1)15-12-18-21-16(19-15)20-17-10-4-8-14-9-5-11-22-14/h1-12H,(H,19,20,21)/b8-4+,17-10-. The number of benzene rings is 1. The van der Waals surface area contributed by atoms with Gasteiger partial charge < -0.3 is 4.42 Å². The molecule has 0 saturated carbocycles. The Morgan fingerprint density at radius 1 is 1.09 bits per heavy atom. The van der Waals surface area contributed by atoms with E-state index in [2.05, 4.69) is 25.7 Å². The molecule has 2 heterocycles. The van der Waals surface area contributed by atoms with Crippen LogP contribution in [0.5, 0.6) is 0 Å². The van der Waals surface area contributed by atoms with Crippen molar-refractivity contribution in [3.8, 4) is 11.3 Å². The third-order valence-corrected chi connectivity index (χ3v) is 2.76. The van der Waals surface area contributed by atoms with Crippen LogP contribution in [0.2, 0.25) is 0 Å². The summed E-state index contributed by atoms with van der Waals surface area (Å²) >= 11 is 0. The molecule has 1 N–H and O–H groups in total. The lowest BCUT2D eigenvalue weighted by Gasteiger charge is -2.01. The highest BCUT2D eigenvalue weighted by Gasteiger charge is 2.01. The Balaban J connectivity index is 1.63. The number of nitrogens with zero attached hydrogens (tertiary/aromatic N) is 4. The lowest BCUT2D eigenvalue weighted by atomic mass is 10.2. The van der Waals surface area contributed by atoms with Gasteiger partial charge in [-0.25, -0.2) is 10.4 Å². The first-order chi connectivity index (χ1) is 10.9. The SMILES string of the molecule is C(/C=C/c1ccco1)=N/Nc1nncc(-c2ccccc2)n1. The summed E-state index contributed by atoms with van der Waals surface area (Å²) in [6.45, 7) is 0. The van der Waals surface area contributed by atoms with Gasteiger partial charge in [-0.2, -0.15) is 10.2 Å². The van der Waals surface area contributed by atoms with Crippen molar-refractivity contribution < 1.29 is 4.42 Å². The normalized spacial score (nSPS) is 11.3. The molecule has 108 valence electrons. The minimum atomic E-state index is 0.337. The van der Waals surface area contributed by atoms with Crippen molar-refractivity contribution in [3.63, 3.8) is 0 Å². The van der Waals surface area contributed by atoms with Crippen LogP contribution in [0.25, 0.3) is 17.3 Å². The van der Waals surface area contributed by atoms with Crippen LogP contribution in [0.15, 0.2) is 70.5 Å². The van der Waals surface area contributed by atoms with E-state index in [1.54, 1.807) is 30.8 Å². The van der Waals surface area contributed by atoms with Crippen molar-refractivity contribution in [2.75, 3.05) is 5.43 Å². The smallest absolute Gasteiger partial charge is 0.263 e. The molecule has 6 nitrogen and oxygen atoms in total. The van der Waals surface area contributed by atoms with Crippen molar-refractivity contribution in [2.24, 2.45) is 5.10 Å². The van der Waals surface area contributed by atoms with Crippen LogP contribution in [-0.2, 0) is 0 Å². The summed E-state index contributed by atoms with van der Waals surface area (Å²) < 4.78 is 5.16. The molecule has 0 unspecified atom stereocenters. The summed E-state index contributed by atoms with van der Waals surface area (Å²) in [7, 11) is 0. The summed E-state index contributed by atoms with van der Waals surface area (Å²) in [4.78, 5) is 4.35. The van der Waals surface area contributed by atoms with Gasteiger partial charge in [0.15, 0.2) is 0 Å². The third kappa shape index (κ3) is 3.63. The van der Waals surface area contributed by atoms with Gasteiger partial charge in [-0.1, -0.05) is 30.3 Å². The fourth-order valence-electron chi connectivity index (χ4n) is 1.76. The average molecular weight is 291 g/mol. The largest absolute Gasteiger partial charge is 0.465 e. The number of nitrogens with one attached hydrogen (secondary N) is 1. The van der Waals surface area contributed by atoms with Gasteiger partial charge in [-0.15, -0.1) is 5.10 Å². The molecular formula is C16H13N5O. The number of hydrazone groups is 1. The van der Waals surface area contributed by atoms with Crippen LogP contribution >= 0.6 is 0 Å². The monoisotopic (exact) mass is 291 g/mol. The Morgan fingerprint density at radius 3 is 2.82 bits per heavy atom. The minimum Gasteiger partial charge on any atom is -0.465 e. The molecule has 3 aromatic rings. The molecule has 0 amide bonds. The second kappa shape index (κ2) is 6.94. The fraction of sp³-hybridized carbons (Fsp3) is 0. The summed E-state index contributed by atoms with van der Waals surface area (Å²) in [6.07, 6.45) is 8.36. The first kappa shape index (κ1) is 13.7. The number of anilines is 1. The molecule has 1 aromatic carbocycles. The van der Waals surface area contributed by atoms with Crippen molar-refractivity contribution >= 4 is 18.2 Å². The second-order valence-electron chi connectivity index (χ2n) is 4.30. The molecule has 0 atom stereocenters.